The Morgan fingerprint density at radius 1 is 1.19 bits per heavy atom. The van der Waals surface area contributed by atoms with Crippen LogP contribution in [0.5, 0.6) is 11.5 Å². The lowest BCUT2D eigenvalue weighted by molar-refractivity contribution is 0.0986. The smallest absolute Gasteiger partial charge is 0.199 e. The normalized spacial score (nSPS) is 10.7. The van der Waals surface area contributed by atoms with E-state index in [2.05, 4.69) is 0 Å². The second-order valence-electron chi connectivity index (χ2n) is 4.75. The minimum absolute atomic E-state index is 0.147. The van der Waals surface area contributed by atoms with Crippen molar-refractivity contribution >= 4 is 16.8 Å². The molecular weight excluding hydrogens is 272 g/mol. The first kappa shape index (κ1) is 15.1. The number of Topliss-reactive ketones (excluding diaryl/α,β-unsaturated/α-hetero) is 1. The third-order valence-electron chi connectivity index (χ3n) is 3.60. The minimum Gasteiger partial charge on any atom is -0.496 e. The van der Waals surface area contributed by atoms with Gasteiger partial charge in [-0.2, -0.15) is 0 Å². The molecule has 5 heteroatoms. The first-order chi connectivity index (χ1) is 9.96. The van der Waals surface area contributed by atoms with Crippen LogP contribution in [0.25, 0.3) is 11.0 Å². The lowest BCUT2D eigenvalue weighted by Crippen LogP contribution is -2.12. The molecule has 21 heavy (non-hydrogen) atoms. The van der Waals surface area contributed by atoms with Crippen molar-refractivity contribution in [1.29, 1.82) is 0 Å². The number of carbonyl (C=O) groups excluding carboxylic acids is 1. The number of benzene rings is 1. The van der Waals surface area contributed by atoms with Crippen molar-refractivity contribution in [2.24, 2.45) is 0 Å². The molecular formula is C16H18O5. The summed E-state index contributed by atoms with van der Waals surface area (Å²) >= 11 is 0. The minimum atomic E-state index is -0.196. The van der Waals surface area contributed by atoms with E-state index in [1.54, 1.807) is 26.8 Å². The Kier molecular flexibility index (Phi) is 4.02. The number of aryl methyl sites for hydroxylation is 1. The molecule has 0 radical (unpaired) electrons. The highest BCUT2D eigenvalue weighted by Gasteiger charge is 2.23. The fourth-order valence-corrected chi connectivity index (χ4v) is 2.27. The predicted molar refractivity (Wildman–Crippen MR) is 79.7 cm³/mol. The second-order valence-corrected chi connectivity index (χ2v) is 4.75. The molecule has 0 aliphatic heterocycles. The van der Waals surface area contributed by atoms with Crippen LogP contribution in [0.4, 0.5) is 0 Å². The van der Waals surface area contributed by atoms with Gasteiger partial charge in [-0.05, 0) is 13.8 Å². The molecule has 0 N–H and O–H groups in total. The fourth-order valence-electron chi connectivity index (χ4n) is 2.27. The van der Waals surface area contributed by atoms with E-state index in [4.69, 9.17) is 13.9 Å². The molecule has 0 bridgehead atoms. The average Bonchev–Trinajstić information content (AvgIpc) is 2.50. The van der Waals surface area contributed by atoms with Crippen LogP contribution in [0.1, 0.15) is 35.0 Å². The Bertz CT molecular complexity index is 771. The summed E-state index contributed by atoms with van der Waals surface area (Å²) in [5.74, 6) is 1.02. The summed E-state index contributed by atoms with van der Waals surface area (Å²) < 4.78 is 16.3. The summed E-state index contributed by atoms with van der Waals surface area (Å²) in [7, 11) is 2.93. The van der Waals surface area contributed by atoms with Crippen molar-refractivity contribution in [2.75, 3.05) is 14.2 Å². The maximum absolute atomic E-state index is 12.5. The van der Waals surface area contributed by atoms with Gasteiger partial charge in [-0.3, -0.25) is 9.59 Å². The third-order valence-corrected chi connectivity index (χ3v) is 3.60. The number of methoxy groups -OCH3 is 2. The molecule has 0 amide bonds. The van der Waals surface area contributed by atoms with E-state index < -0.39 is 0 Å². The third kappa shape index (κ3) is 2.28. The van der Waals surface area contributed by atoms with Gasteiger partial charge in [-0.25, -0.2) is 0 Å². The number of hydrogen-bond acceptors (Lipinski definition) is 5. The lowest BCUT2D eigenvalue weighted by atomic mass is 10.0. The zero-order valence-corrected chi connectivity index (χ0v) is 12.8. The molecule has 0 unspecified atom stereocenters. The van der Waals surface area contributed by atoms with E-state index >= 15 is 0 Å². The van der Waals surface area contributed by atoms with Gasteiger partial charge < -0.3 is 13.9 Å². The Morgan fingerprint density at radius 2 is 1.81 bits per heavy atom. The molecule has 1 aromatic heterocycles. The standard InChI is InChI=1S/C16H18O5/c1-6-10(17)13-11(19-4)7-12(20-5)14-15(18)8(2)9(3)21-16(13)14/h7H,6H2,1-5H3. The van der Waals surface area contributed by atoms with Crippen molar-refractivity contribution in [3.05, 3.63) is 33.2 Å². The van der Waals surface area contributed by atoms with Crippen molar-refractivity contribution in [3.63, 3.8) is 0 Å². The highest BCUT2D eigenvalue weighted by atomic mass is 16.5. The van der Waals surface area contributed by atoms with Crippen molar-refractivity contribution in [2.45, 2.75) is 27.2 Å². The Morgan fingerprint density at radius 3 is 2.33 bits per heavy atom. The number of ketones is 1. The maximum Gasteiger partial charge on any atom is 0.199 e. The summed E-state index contributed by atoms with van der Waals surface area (Å²) in [6.07, 6.45) is 0.286. The molecule has 0 aliphatic carbocycles. The lowest BCUT2D eigenvalue weighted by Gasteiger charge is -2.14. The highest BCUT2D eigenvalue weighted by Crippen LogP contribution is 2.35. The molecule has 0 atom stereocenters. The molecule has 2 aromatic rings. The van der Waals surface area contributed by atoms with Gasteiger partial charge >= 0.3 is 0 Å². The average molecular weight is 290 g/mol. The van der Waals surface area contributed by atoms with E-state index in [1.807, 2.05) is 0 Å². The molecule has 112 valence electrons. The number of rotatable bonds is 4. The van der Waals surface area contributed by atoms with E-state index in [0.717, 1.165) is 0 Å². The van der Waals surface area contributed by atoms with Gasteiger partial charge in [0, 0.05) is 18.1 Å². The number of fused-ring (bicyclic) bond motifs is 1. The molecule has 0 aliphatic rings. The maximum atomic E-state index is 12.5. The zero-order chi connectivity index (χ0) is 15.7. The summed E-state index contributed by atoms with van der Waals surface area (Å²) in [5, 5.41) is 0.276. The number of ether oxygens (including phenoxy) is 2. The Balaban J connectivity index is 3.08. The topological polar surface area (TPSA) is 65.7 Å². The number of hydrogen-bond donors (Lipinski definition) is 0. The van der Waals surface area contributed by atoms with E-state index in [9.17, 15) is 9.59 Å². The van der Waals surface area contributed by atoms with E-state index in [0.29, 0.717) is 22.8 Å². The summed E-state index contributed by atoms with van der Waals surface area (Å²) in [6.45, 7) is 5.13. The van der Waals surface area contributed by atoms with E-state index in [-0.39, 0.29) is 34.2 Å². The first-order valence-electron chi connectivity index (χ1n) is 6.68. The molecule has 5 nitrogen and oxygen atoms in total. The summed E-state index contributed by atoms with van der Waals surface area (Å²) in [6, 6.07) is 1.55. The van der Waals surface area contributed by atoms with Gasteiger partial charge in [0.15, 0.2) is 16.8 Å². The van der Waals surface area contributed by atoms with Crippen molar-refractivity contribution in [3.8, 4) is 11.5 Å². The van der Waals surface area contributed by atoms with Gasteiger partial charge in [0.05, 0.1) is 14.2 Å². The van der Waals surface area contributed by atoms with Gasteiger partial charge in [0.2, 0.25) is 0 Å². The molecule has 0 fully saturated rings. The zero-order valence-electron chi connectivity index (χ0n) is 12.8. The number of carbonyl (C=O) groups is 1. The van der Waals surface area contributed by atoms with Crippen LogP contribution in [-0.4, -0.2) is 20.0 Å². The second kappa shape index (κ2) is 5.60. The van der Waals surface area contributed by atoms with Crippen LogP contribution in [-0.2, 0) is 0 Å². The highest BCUT2D eigenvalue weighted by molar-refractivity contribution is 6.09. The first-order valence-corrected chi connectivity index (χ1v) is 6.68. The Hall–Kier alpha value is -2.30. The van der Waals surface area contributed by atoms with Gasteiger partial charge in [0.25, 0.3) is 0 Å². The van der Waals surface area contributed by atoms with Crippen LogP contribution in [0.2, 0.25) is 0 Å². The van der Waals surface area contributed by atoms with Crippen molar-refractivity contribution < 1.29 is 18.7 Å². The quantitative estimate of drug-likeness (QED) is 0.810. The van der Waals surface area contributed by atoms with Gasteiger partial charge in [0.1, 0.15) is 28.2 Å². The molecule has 2 rings (SSSR count). The van der Waals surface area contributed by atoms with E-state index in [1.165, 1.54) is 14.2 Å². The molecule has 0 spiro atoms. The van der Waals surface area contributed by atoms with Crippen LogP contribution in [0.15, 0.2) is 15.3 Å². The fraction of sp³-hybridized carbons (Fsp3) is 0.375. The van der Waals surface area contributed by atoms with Crippen LogP contribution in [0.3, 0.4) is 0 Å². The molecule has 1 heterocycles. The van der Waals surface area contributed by atoms with Crippen LogP contribution >= 0.6 is 0 Å². The predicted octanol–water partition coefficient (Wildman–Crippen LogP) is 3.02. The molecule has 0 saturated heterocycles. The van der Waals surface area contributed by atoms with Gasteiger partial charge in [-0.15, -0.1) is 0 Å². The largest absolute Gasteiger partial charge is 0.496 e. The van der Waals surface area contributed by atoms with Crippen LogP contribution in [0, 0.1) is 13.8 Å². The molecule has 1 aromatic carbocycles. The summed E-state index contributed by atoms with van der Waals surface area (Å²) in [5.41, 5.74) is 0.821. The van der Waals surface area contributed by atoms with Gasteiger partial charge in [-0.1, -0.05) is 6.92 Å². The SMILES string of the molecule is CCC(=O)c1c(OC)cc(OC)c2c(=O)c(C)c(C)oc12. The Labute approximate surface area is 122 Å². The van der Waals surface area contributed by atoms with Crippen LogP contribution < -0.4 is 14.9 Å². The van der Waals surface area contributed by atoms with Crippen molar-refractivity contribution in [1.82, 2.24) is 0 Å². The monoisotopic (exact) mass is 290 g/mol. The molecule has 0 saturated carbocycles. The summed E-state index contributed by atoms with van der Waals surface area (Å²) in [4.78, 5) is 24.7.